The van der Waals surface area contributed by atoms with Crippen molar-refractivity contribution in [1.82, 2.24) is 5.32 Å². The number of hydrogen-bond donors (Lipinski definition) is 2. The number of carbonyl (C=O) groups excluding carboxylic acids is 1. The molecule has 1 saturated carbocycles. The van der Waals surface area contributed by atoms with E-state index in [2.05, 4.69) is 5.32 Å². The van der Waals surface area contributed by atoms with Crippen molar-refractivity contribution >= 4 is 5.91 Å². The molecule has 4 heteroatoms. The number of carbonyl (C=O) groups is 1. The Morgan fingerprint density at radius 3 is 2.70 bits per heavy atom. The van der Waals surface area contributed by atoms with Gasteiger partial charge < -0.3 is 11.1 Å². The molecule has 1 amide bonds. The molecular weight excluding hydrogens is 255 g/mol. The Bertz CT molecular complexity index is 495. The van der Waals surface area contributed by atoms with Gasteiger partial charge in [-0.2, -0.15) is 0 Å². The Morgan fingerprint density at radius 2 is 2.10 bits per heavy atom. The van der Waals surface area contributed by atoms with E-state index in [9.17, 15) is 9.18 Å². The minimum atomic E-state index is -0.345. The topological polar surface area (TPSA) is 55.1 Å². The summed E-state index contributed by atoms with van der Waals surface area (Å²) in [6.07, 6.45) is 4.37. The fraction of sp³-hybridized carbons (Fsp3) is 0.562. The first kappa shape index (κ1) is 15.0. The van der Waals surface area contributed by atoms with E-state index in [4.69, 9.17) is 5.73 Å². The molecule has 1 fully saturated rings. The summed E-state index contributed by atoms with van der Waals surface area (Å²) >= 11 is 0. The zero-order chi connectivity index (χ0) is 14.8. The maximum absolute atomic E-state index is 13.5. The fourth-order valence-corrected chi connectivity index (χ4v) is 2.83. The Kier molecular flexibility index (Phi) is 4.43. The molecule has 20 heavy (non-hydrogen) atoms. The second-order valence-electron chi connectivity index (χ2n) is 6.04. The van der Waals surface area contributed by atoms with Gasteiger partial charge in [-0.1, -0.05) is 25.0 Å². The van der Waals surface area contributed by atoms with E-state index in [1.165, 1.54) is 6.07 Å². The standard InChI is InChI=1S/C16H23FN2O/c1-11-5-6-13(9-14(11)17)12(2)19-15(20)10-16(18)7-3-4-8-16/h5-6,9,12H,3-4,7-8,10,18H2,1-2H3,(H,19,20). The third-order valence-electron chi connectivity index (χ3n) is 4.19. The monoisotopic (exact) mass is 278 g/mol. The number of nitrogens with two attached hydrogens (primary N) is 1. The van der Waals surface area contributed by atoms with Crippen LogP contribution in [-0.4, -0.2) is 11.4 Å². The first-order valence-corrected chi connectivity index (χ1v) is 7.24. The number of rotatable bonds is 4. The molecule has 3 N–H and O–H groups in total. The van der Waals surface area contributed by atoms with Gasteiger partial charge in [0, 0.05) is 12.0 Å². The molecule has 1 atom stereocenters. The summed E-state index contributed by atoms with van der Waals surface area (Å²) in [6.45, 7) is 3.58. The number of hydrogen-bond acceptors (Lipinski definition) is 2. The van der Waals surface area contributed by atoms with Gasteiger partial charge in [-0.25, -0.2) is 4.39 Å². The highest BCUT2D eigenvalue weighted by Crippen LogP contribution is 2.30. The summed E-state index contributed by atoms with van der Waals surface area (Å²) in [5.74, 6) is -0.294. The lowest BCUT2D eigenvalue weighted by Gasteiger charge is -2.24. The molecule has 0 radical (unpaired) electrons. The number of aryl methyl sites for hydroxylation is 1. The summed E-state index contributed by atoms with van der Waals surface area (Å²) in [5, 5.41) is 2.91. The molecule has 2 rings (SSSR count). The van der Waals surface area contributed by atoms with Crippen LogP contribution in [0.3, 0.4) is 0 Å². The Morgan fingerprint density at radius 1 is 1.45 bits per heavy atom. The van der Waals surface area contributed by atoms with Crippen LogP contribution in [0.4, 0.5) is 4.39 Å². The van der Waals surface area contributed by atoms with Crippen molar-refractivity contribution < 1.29 is 9.18 Å². The molecule has 0 aliphatic heterocycles. The van der Waals surface area contributed by atoms with Gasteiger partial charge in [0.2, 0.25) is 5.91 Å². The molecule has 1 aromatic rings. The average Bonchev–Trinajstić information content (AvgIpc) is 2.78. The summed E-state index contributed by atoms with van der Waals surface area (Å²) in [7, 11) is 0. The summed E-state index contributed by atoms with van der Waals surface area (Å²) < 4.78 is 13.5. The van der Waals surface area contributed by atoms with Crippen molar-refractivity contribution in [2.45, 2.75) is 57.5 Å². The van der Waals surface area contributed by atoms with Crippen LogP contribution >= 0.6 is 0 Å². The highest BCUT2D eigenvalue weighted by atomic mass is 19.1. The molecule has 1 unspecified atom stereocenters. The van der Waals surface area contributed by atoms with Crippen molar-refractivity contribution in [3.63, 3.8) is 0 Å². The first-order valence-electron chi connectivity index (χ1n) is 7.24. The van der Waals surface area contributed by atoms with Gasteiger partial charge in [0.05, 0.1) is 6.04 Å². The van der Waals surface area contributed by atoms with Gasteiger partial charge in [-0.05, 0) is 43.9 Å². The van der Waals surface area contributed by atoms with Crippen LogP contribution in [-0.2, 0) is 4.79 Å². The molecule has 0 bridgehead atoms. The van der Waals surface area contributed by atoms with Gasteiger partial charge in [-0.3, -0.25) is 4.79 Å². The minimum Gasteiger partial charge on any atom is -0.350 e. The van der Waals surface area contributed by atoms with Gasteiger partial charge in [0.15, 0.2) is 0 Å². The number of amides is 1. The Hall–Kier alpha value is -1.42. The van der Waals surface area contributed by atoms with E-state index in [0.29, 0.717) is 12.0 Å². The third-order valence-corrected chi connectivity index (χ3v) is 4.19. The van der Waals surface area contributed by atoms with Gasteiger partial charge in [0.1, 0.15) is 5.82 Å². The first-order chi connectivity index (χ1) is 9.39. The molecule has 1 aliphatic rings. The molecule has 110 valence electrons. The minimum absolute atomic E-state index is 0.0529. The molecule has 0 aromatic heterocycles. The average molecular weight is 278 g/mol. The largest absolute Gasteiger partial charge is 0.350 e. The van der Waals surface area contributed by atoms with Crippen LogP contribution < -0.4 is 11.1 Å². The van der Waals surface area contributed by atoms with Crippen LogP contribution in [0.25, 0.3) is 0 Å². The highest BCUT2D eigenvalue weighted by Gasteiger charge is 2.31. The number of halogens is 1. The smallest absolute Gasteiger partial charge is 0.222 e. The van der Waals surface area contributed by atoms with Crippen molar-refractivity contribution in [2.24, 2.45) is 5.73 Å². The number of nitrogens with one attached hydrogen (secondary N) is 1. The second kappa shape index (κ2) is 5.92. The van der Waals surface area contributed by atoms with Gasteiger partial charge >= 0.3 is 0 Å². The zero-order valence-electron chi connectivity index (χ0n) is 12.2. The van der Waals surface area contributed by atoms with E-state index >= 15 is 0 Å². The number of benzene rings is 1. The predicted octanol–water partition coefficient (Wildman–Crippen LogP) is 2.97. The Labute approximate surface area is 119 Å². The quantitative estimate of drug-likeness (QED) is 0.889. The SMILES string of the molecule is Cc1ccc(C(C)NC(=O)CC2(N)CCCC2)cc1F. The fourth-order valence-electron chi connectivity index (χ4n) is 2.83. The summed E-state index contributed by atoms with van der Waals surface area (Å²) in [5.41, 5.74) is 7.24. The van der Waals surface area contributed by atoms with Gasteiger partial charge in [-0.15, -0.1) is 0 Å². The van der Waals surface area contributed by atoms with E-state index in [0.717, 1.165) is 31.2 Å². The van der Waals surface area contributed by atoms with Crippen molar-refractivity contribution in [2.75, 3.05) is 0 Å². The molecule has 0 saturated heterocycles. The van der Waals surface area contributed by atoms with Crippen LogP contribution in [0.5, 0.6) is 0 Å². The van der Waals surface area contributed by atoms with Crippen LogP contribution in [0.2, 0.25) is 0 Å². The van der Waals surface area contributed by atoms with E-state index in [1.807, 2.05) is 13.0 Å². The Balaban J connectivity index is 1.94. The predicted molar refractivity (Wildman–Crippen MR) is 77.7 cm³/mol. The molecule has 1 aliphatic carbocycles. The lowest BCUT2D eigenvalue weighted by molar-refractivity contribution is -0.122. The van der Waals surface area contributed by atoms with Crippen molar-refractivity contribution in [3.8, 4) is 0 Å². The third kappa shape index (κ3) is 3.57. The second-order valence-corrected chi connectivity index (χ2v) is 6.04. The lowest BCUT2D eigenvalue weighted by atomic mass is 9.94. The molecule has 1 aromatic carbocycles. The molecular formula is C16H23FN2O. The van der Waals surface area contributed by atoms with E-state index in [1.54, 1.807) is 13.0 Å². The maximum atomic E-state index is 13.5. The van der Waals surface area contributed by atoms with Gasteiger partial charge in [0.25, 0.3) is 0 Å². The highest BCUT2D eigenvalue weighted by molar-refractivity contribution is 5.77. The van der Waals surface area contributed by atoms with Crippen LogP contribution in [0.1, 0.15) is 56.2 Å². The zero-order valence-corrected chi connectivity index (χ0v) is 12.2. The maximum Gasteiger partial charge on any atom is 0.222 e. The normalized spacial score (nSPS) is 18.8. The summed E-state index contributed by atoms with van der Waals surface area (Å²) in [4.78, 5) is 12.1. The van der Waals surface area contributed by atoms with Crippen molar-refractivity contribution in [1.29, 1.82) is 0 Å². The van der Waals surface area contributed by atoms with Crippen LogP contribution in [0, 0.1) is 12.7 Å². The van der Waals surface area contributed by atoms with Crippen molar-refractivity contribution in [3.05, 3.63) is 35.1 Å². The molecule has 0 spiro atoms. The molecule has 0 heterocycles. The van der Waals surface area contributed by atoms with Crippen LogP contribution in [0.15, 0.2) is 18.2 Å². The summed E-state index contributed by atoms with van der Waals surface area (Å²) in [6, 6.07) is 4.85. The molecule has 3 nitrogen and oxygen atoms in total. The lowest BCUT2D eigenvalue weighted by Crippen LogP contribution is -2.42. The van der Waals surface area contributed by atoms with E-state index in [-0.39, 0.29) is 23.3 Å². The van der Waals surface area contributed by atoms with E-state index < -0.39 is 0 Å².